The van der Waals surface area contributed by atoms with Gasteiger partial charge in [0.05, 0.1) is 32.0 Å². The van der Waals surface area contributed by atoms with Crippen molar-refractivity contribution in [2.24, 2.45) is 0 Å². The molecule has 1 aromatic heterocycles. The molecule has 0 radical (unpaired) electrons. The Hall–Kier alpha value is -3.83. The molecule has 1 atom stereocenters. The van der Waals surface area contributed by atoms with E-state index in [1.165, 1.54) is 13.2 Å². The van der Waals surface area contributed by atoms with Crippen molar-refractivity contribution in [3.63, 3.8) is 0 Å². The van der Waals surface area contributed by atoms with Gasteiger partial charge in [-0.05, 0) is 42.0 Å². The Kier molecular flexibility index (Phi) is 6.12. The quantitative estimate of drug-likeness (QED) is 0.602. The Morgan fingerprint density at radius 3 is 2.79 bits per heavy atom. The number of fused-ring (bicyclic) bond motifs is 1. The molecule has 0 aliphatic carbocycles. The summed E-state index contributed by atoms with van der Waals surface area (Å²) in [6.45, 7) is -0.133. The van der Waals surface area contributed by atoms with Crippen LogP contribution in [0.15, 0.2) is 52.9 Å². The number of methoxy groups -OCH3 is 1. The predicted molar refractivity (Wildman–Crippen MR) is 102 cm³/mol. The highest BCUT2D eigenvalue weighted by atomic mass is 16.5. The molecule has 0 saturated carbocycles. The number of carbonyl (C=O) groups excluding carboxylic acids is 1. The summed E-state index contributed by atoms with van der Waals surface area (Å²) >= 11 is 0. The van der Waals surface area contributed by atoms with Gasteiger partial charge in [0.15, 0.2) is 11.8 Å². The maximum absolute atomic E-state index is 12.4. The van der Waals surface area contributed by atoms with Gasteiger partial charge in [0, 0.05) is 5.39 Å². The lowest BCUT2D eigenvalue weighted by Crippen LogP contribution is -2.43. The number of rotatable bonds is 8. The minimum absolute atomic E-state index is 0.0128. The lowest BCUT2D eigenvalue weighted by molar-refractivity contribution is -0.141. The van der Waals surface area contributed by atoms with Crippen molar-refractivity contribution >= 4 is 22.8 Å². The average molecular weight is 394 g/mol. The Bertz CT molecular complexity index is 1080. The zero-order chi connectivity index (χ0) is 20.8. The van der Waals surface area contributed by atoms with E-state index in [0.29, 0.717) is 22.3 Å². The van der Waals surface area contributed by atoms with E-state index in [1.54, 1.807) is 42.5 Å². The zero-order valence-corrected chi connectivity index (χ0v) is 15.5. The van der Waals surface area contributed by atoms with Crippen molar-refractivity contribution in [2.75, 3.05) is 13.7 Å². The number of nitriles is 1. The summed E-state index contributed by atoms with van der Waals surface area (Å²) in [5.74, 6) is -1.30. The summed E-state index contributed by atoms with van der Waals surface area (Å²) in [5.41, 5.74) is 1.69. The van der Waals surface area contributed by atoms with Crippen LogP contribution in [0.5, 0.6) is 5.75 Å². The second kappa shape index (κ2) is 8.91. The van der Waals surface area contributed by atoms with E-state index in [4.69, 9.17) is 19.2 Å². The van der Waals surface area contributed by atoms with Crippen molar-refractivity contribution in [3.8, 4) is 11.8 Å². The molecule has 8 heteroatoms. The van der Waals surface area contributed by atoms with Gasteiger partial charge >= 0.3 is 5.97 Å². The maximum Gasteiger partial charge on any atom is 0.328 e. The van der Waals surface area contributed by atoms with E-state index in [2.05, 4.69) is 5.32 Å². The van der Waals surface area contributed by atoms with E-state index in [9.17, 15) is 14.7 Å². The molecule has 1 heterocycles. The van der Waals surface area contributed by atoms with E-state index in [-0.39, 0.29) is 19.0 Å². The molecule has 3 rings (SSSR count). The number of nitrogens with zero attached hydrogens (tertiary/aromatic N) is 1. The van der Waals surface area contributed by atoms with Crippen LogP contribution in [-0.4, -0.2) is 36.7 Å². The van der Waals surface area contributed by atoms with Crippen LogP contribution in [0.2, 0.25) is 0 Å². The number of ether oxygens (including phenoxy) is 2. The van der Waals surface area contributed by atoms with Crippen molar-refractivity contribution < 1.29 is 28.6 Å². The third kappa shape index (κ3) is 4.91. The Balaban J connectivity index is 1.63. The summed E-state index contributed by atoms with van der Waals surface area (Å²) in [6, 6.07) is 14.1. The minimum atomic E-state index is -1.26. The fourth-order valence-corrected chi connectivity index (χ4v) is 2.69. The van der Waals surface area contributed by atoms with Gasteiger partial charge in [0.25, 0.3) is 5.91 Å². The first-order chi connectivity index (χ1) is 14.0. The third-order valence-corrected chi connectivity index (χ3v) is 4.16. The molecule has 2 aromatic carbocycles. The Morgan fingerprint density at radius 2 is 2.07 bits per heavy atom. The van der Waals surface area contributed by atoms with Crippen molar-refractivity contribution in [1.82, 2.24) is 5.32 Å². The molecule has 0 bridgehead atoms. The molecule has 148 valence electrons. The van der Waals surface area contributed by atoms with Crippen LogP contribution in [-0.2, 0) is 16.1 Å². The summed E-state index contributed by atoms with van der Waals surface area (Å²) in [6.07, 6.45) is 0. The van der Waals surface area contributed by atoms with Gasteiger partial charge in [-0.25, -0.2) is 4.79 Å². The number of nitrogens with one attached hydrogen (secondary N) is 1. The van der Waals surface area contributed by atoms with Gasteiger partial charge in [0.1, 0.15) is 11.3 Å². The molecule has 8 nitrogen and oxygen atoms in total. The molecular weight excluding hydrogens is 376 g/mol. The molecule has 0 saturated heterocycles. The van der Waals surface area contributed by atoms with E-state index >= 15 is 0 Å². The largest absolute Gasteiger partial charge is 0.497 e. The highest BCUT2D eigenvalue weighted by molar-refractivity contribution is 5.98. The minimum Gasteiger partial charge on any atom is -0.497 e. The van der Waals surface area contributed by atoms with Crippen LogP contribution >= 0.6 is 0 Å². The lowest BCUT2D eigenvalue weighted by atomic mass is 10.1. The topological polar surface area (TPSA) is 122 Å². The summed E-state index contributed by atoms with van der Waals surface area (Å²) in [4.78, 5) is 23.9. The fraction of sp³-hybridized carbons (Fsp3) is 0.190. The lowest BCUT2D eigenvalue weighted by Gasteiger charge is -2.14. The van der Waals surface area contributed by atoms with Crippen LogP contribution in [0.3, 0.4) is 0 Å². The van der Waals surface area contributed by atoms with E-state index in [0.717, 1.165) is 5.56 Å². The van der Waals surface area contributed by atoms with Crippen molar-refractivity contribution in [3.05, 3.63) is 65.4 Å². The third-order valence-electron chi connectivity index (χ3n) is 4.16. The molecular formula is C21H18N2O6. The molecule has 0 unspecified atom stereocenters. The van der Waals surface area contributed by atoms with Gasteiger partial charge in [-0.2, -0.15) is 5.26 Å². The standard InChI is InChI=1S/C21H18N2O6/c1-27-16-5-6-18-15(8-16)9-19(29-18)20(24)23-17(21(25)26)12-28-11-14-4-2-3-13(7-14)10-22/h2-9,17H,11-12H2,1H3,(H,23,24)(H,25,26)/t17-/m0/s1. The number of aliphatic carboxylic acids is 1. The number of benzene rings is 2. The molecule has 3 aromatic rings. The van der Waals surface area contributed by atoms with Crippen LogP contribution in [0.4, 0.5) is 0 Å². The van der Waals surface area contributed by atoms with Gasteiger partial charge in [-0.15, -0.1) is 0 Å². The second-order valence-electron chi connectivity index (χ2n) is 6.21. The number of amides is 1. The predicted octanol–water partition coefficient (Wildman–Crippen LogP) is 2.71. The number of carboxylic acid groups (broad SMARTS) is 1. The van der Waals surface area contributed by atoms with Crippen LogP contribution in [0.1, 0.15) is 21.7 Å². The SMILES string of the molecule is COc1ccc2oc(C(=O)N[C@@H](COCc3cccc(C#N)c3)C(=O)O)cc2c1. The number of hydrogen-bond acceptors (Lipinski definition) is 6. The first-order valence-electron chi connectivity index (χ1n) is 8.68. The number of hydrogen-bond donors (Lipinski definition) is 2. The Morgan fingerprint density at radius 1 is 1.24 bits per heavy atom. The van der Waals surface area contributed by atoms with Crippen LogP contribution < -0.4 is 10.1 Å². The number of carbonyl (C=O) groups is 2. The second-order valence-corrected chi connectivity index (χ2v) is 6.21. The van der Waals surface area contributed by atoms with E-state index in [1.807, 2.05) is 6.07 Å². The average Bonchev–Trinajstić information content (AvgIpc) is 3.16. The Labute approximate surface area is 166 Å². The summed E-state index contributed by atoms with van der Waals surface area (Å²) < 4.78 is 16.0. The van der Waals surface area contributed by atoms with Crippen molar-refractivity contribution in [1.29, 1.82) is 5.26 Å². The zero-order valence-electron chi connectivity index (χ0n) is 15.5. The summed E-state index contributed by atoms with van der Waals surface area (Å²) in [7, 11) is 1.53. The molecule has 0 aliphatic rings. The molecule has 0 spiro atoms. The van der Waals surface area contributed by atoms with E-state index < -0.39 is 17.9 Å². The molecule has 0 fully saturated rings. The highest BCUT2D eigenvalue weighted by Crippen LogP contribution is 2.24. The molecule has 29 heavy (non-hydrogen) atoms. The highest BCUT2D eigenvalue weighted by Gasteiger charge is 2.23. The molecule has 1 amide bonds. The normalized spacial score (nSPS) is 11.6. The maximum atomic E-state index is 12.4. The van der Waals surface area contributed by atoms with Gasteiger partial charge in [-0.1, -0.05) is 12.1 Å². The molecule has 2 N–H and O–H groups in total. The summed E-state index contributed by atoms with van der Waals surface area (Å²) in [5, 5.41) is 21.3. The van der Waals surface area contributed by atoms with Gasteiger partial charge in [-0.3, -0.25) is 4.79 Å². The first kappa shape index (κ1) is 19.9. The smallest absolute Gasteiger partial charge is 0.328 e. The van der Waals surface area contributed by atoms with Crippen molar-refractivity contribution in [2.45, 2.75) is 12.6 Å². The van der Waals surface area contributed by atoms with Crippen LogP contribution in [0, 0.1) is 11.3 Å². The number of furan rings is 1. The van der Waals surface area contributed by atoms with Crippen LogP contribution in [0.25, 0.3) is 11.0 Å². The number of carboxylic acids is 1. The first-order valence-corrected chi connectivity index (χ1v) is 8.68. The van der Waals surface area contributed by atoms with Gasteiger partial charge in [0.2, 0.25) is 0 Å². The fourth-order valence-electron chi connectivity index (χ4n) is 2.69. The van der Waals surface area contributed by atoms with Gasteiger partial charge < -0.3 is 24.3 Å². The monoisotopic (exact) mass is 394 g/mol. The molecule has 0 aliphatic heterocycles.